The number of nitrogens with one attached hydrogen (secondary N) is 1. The fraction of sp³-hybridized carbons (Fsp3) is 0.417. The van der Waals surface area contributed by atoms with E-state index in [9.17, 15) is 18.0 Å². The molecule has 2 aromatic rings. The fourth-order valence-electron chi connectivity index (χ4n) is 4.23. The lowest BCUT2D eigenvalue weighted by atomic mass is 9.94. The van der Waals surface area contributed by atoms with Gasteiger partial charge in [-0.25, -0.2) is 13.2 Å². The zero-order chi connectivity index (χ0) is 24.3. The van der Waals surface area contributed by atoms with E-state index in [-0.39, 0.29) is 23.8 Å². The van der Waals surface area contributed by atoms with E-state index in [4.69, 9.17) is 14.2 Å². The maximum Gasteiger partial charge on any atom is 0.338 e. The van der Waals surface area contributed by atoms with Gasteiger partial charge in [-0.2, -0.15) is 4.31 Å². The van der Waals surface area contributed by atoms with Gasteiger partial charge in [0, 0.05) is 19.6 Å². The summed E-state index contributed by atoms with van der Waals surface area (Å²) in [6, 6.07) is 10.9. The molecule has 0 spiro atoms. The molecule has 2 aliphatic rings. The van der Waals surface area contributed by atoms with E-state index in [1.807, 2.05) is 13.8 Å². The van der Waals surface area contributed by atoms with Crippen LogP contribution in [-0.2, 0) is 26.1 Å². The first-order valence-electron chi connectivity index (χ1n) is 11.1. The van der Waals surface area contributed by atoms with Crippen molar-refractivity contribution in [1.29, 1.82) is 0 Å². The van der Waals surface area contributed by atoms with Gasteiger partial charge in [0.2, 0.25) is 16.8 Å². The first-order valence-corrected chi connectivity index (χ1v) is 12.6. The Labute approximate surface area is 199 Å². The topological polar surface area (TPSA) is 111 Å². The van der Waals surface area contributed by atoms with Gasteiger partial charge in [0.15, 0.2) is 18.1 Å². The summed E-state index contributed by atoms with van der Waals surface area (Å²) in [5.41, 5.74) is 0.987. The second-order valence-corrected chi connectivity index (χ2v) is 10.8. The van der Waals surface area contributed by atoms with Crippen molar-refractivity contribution >= 4 is 21.9 Å². The molecule has 0 saturated carbocycles. The van der Waals surface area contributed by atoms with Crippen molar-refractivity contribution in [2.24, 2.45) is 11.8 Å². The minimum atomic E-state index is -3.63. The number of hydrogen-bond donors (Lipinski definition) is 1. The molecule has 4 rings (SSSR count). The minimum absolute atomic E-state index is 0.131. The van der Waals surface area contributed by atoms with Gasteiger partial charge in [-0.05, 0) is 60.2 Å². The van der Waals surface area contributed by atoms with Gasteiger partial charge in [-0.3, -0.25) is 4.79 Å². The molecular formula is C24H28N2O7S. The van der Waals surface area contributed by atoms with Gasteiger partial charge >= 0.3 is 5.97 Å². The second-order valence-electron chi connectivity index (χ2n) is 8.83. The molecule has 2 aliphatic heterocycles. The number of carbonyl (C=O) groups is 2. The minimum Gasteiger partial charge on any atom is -0.454 e. The van der Waals surface area contributed by atoms with Crippen molar-refractivity contribution in [1.82, 2.24) is 9.62 Å². The van der Waals surface area contributed by atoms with Crippen LogP contribution in [0.5, 0.6) is 11.5 Å². The van der Waals surface area contributed by atoms with E-state index in [0.717, 1.165) is 12.0 Å². The quantitative estimate of drug-likeness (QED) is 0.596. The third-order valence-corrected chi connectivity index (χ3v) is 7.67. The predicted octanol–water partition coefficient (Wildman–Crippen LogP) is 2.56. The third kappa shape index (κ3) is 5.51. The van der Waals surface area contributed by atoms with Crippen LogP contribution >= 0.6 is 0 Å². The SMILES string of the molecule is C[C@@H]1C[C@@H](C)CN(S(=O)(=O)c2ccc(C(=O)OCC(=O)NCc3ccc4c(c3)OCO4)cc2)C1. The Morgan fingerprint density at radius 3 is 2.41 bits per heavy atom. The summed E-state index contributed by atoms with van der Waals surface area (Å²) in [5, 5.41) is 2.67. The van der Waals surface area contributed by atoms with Crippen LogP contribution in [0.1, 0.15) is 36.2 Å². The summed E-state index contributed by atoms with van der Waals surface area (Å²) in [7, 11) is -3.63. The summed E-state index contributed by atoms with van der Waals surface area (Å²) in [6.07, 6.45) is 1.00. The third-order valence-electron chi connectivity index (χ3n) is 5.82. The first-order chi connectivity index (χ1) is 16.2. The molecule has 34 heavy (non-hydrogen) atoms. The first kappa shape index (κ1) is 24.0. The molecule has 2 atom stereocenters. The molecule has 10 heteroatoms. The van der Waals surface area contributed by atoms with E-state index < -0.39 is 28.5 Å². The van der Waals surface area contributed by atoms with Crippen molar-refractivity contribution in [2.45, 2.75) is 31.7 Å². The highest BCUT2D eigenvalue weighted by Crippen LogP contribution is 2.32. The zero-order valence-electron chi connectivity index (χ0n) is 19.2. The Hall–Kier alpha value is -3.11. The van der Waals surface area contributed by atoms with Crippen LogP contribution in [0.3, 0.4) is 0 Å². The number of ether oxygens (including phenoxy) is 3. The molecule has 0 radical (unpaired) electrons. The molecule has 1 fully saturated rings. The number of rotatable bonds is 7. The largest absolute Gasteiger partial charge is 0.454 e. The van der Waals surface area contributed by atoms with Crippen LogP contribution < -0.4 is 14.8 Å². The lowest BCUT2D eigenvalue weighted by Crippen LogP contribution is -2.42. The number of hydrogen-bond acceptors (Lipinski definition) is 7. The number of fused-ring (bicyclic) bond motifs is 1. The van der Waals surface area contributed by atoms with Crippen molar-refractivity contribution in [3.8, 4) is 11.5 Å². The van der Waals surface area contributed by atoms with Gasteiger partial charge in [0.1, 0.15) is 0 Å². The lowest BCUT2D eigenvalue weighted by Gasteiger charge is -2.34. The van der Waals surface area contributed by atoms with Crippen LogP contribution in [-0.4, -0.2) is 51.1 Å². The number of sulfonamides is 1. The lowest BCUT2D eigenvalue weighted by molar-refractivity contribution is -0.124. The molecule has 0 aromatic heterocycles. The molecule has 9 nitrogen and oxygen atoms in total. The number of nitrogens with zero attached hydrogens (tertiary/aromatic N) is 1. The smallest absolute Gasteiger partial charge is 0.338 e. The standard InChI is InChI=1S/C24H28N2O7S/c1-16-9-17(2)13-26(12-16)34(29,30)20-6-4-19(5-7-20)24(28)31-14-23(27)25-11-18-3-8-21-22(10-18)33-15-32-21/h3-8,10,16-17H,9,11-15H2,1-2H3,(H,25,27)/t16-,17-/m1/s1. The summed E-state index contributed by atoms with van der Waals surface area (Å²) in [4.78, 5) is 24.5. The van der Waals surface area contributed by atoms with E-state index in [2.05, 4.69) is 5.32 Å². The van der Waals surface area contributed by atoms with E-state index >= 15 is 0 Å². The van der Waals surface area contributed by atoms with Crippen LogP contribution in [0.25, 0.3) is 0 Å². The van der Waals surface area contributed by atoms with E-state index in [1.54, 1.807) is 18.2 Å². The van der Waals surface area contributed by atoms with Crippen LogP contribution in [0.2, 0.25) is 0 Å². The molecule has 2 heterocycles. The maximum absolute atomic E-state index is 13.0. The van der Waals surface area contributed by atoms with Crippen LogP contribution in [0.15, 0.2) is 47.4 Å². The fourth-order valence-corrected chi connectivity index (χ4v) is 5.91. The number of esters is 1. The van der Waals surface area contributed by atoms with Crippen LogP contribution in [0, 0.1) is 11.8 Å². The predicted molar refractivity (Wildman–Crippen MR) is 123 cm³/mol. The summed E-state index contributed by atoms with van der Waals surface area (Å²) >= 11 is 0. The van der Waals surface area contributed by atoms with Gasteiger partial charge in [0.25, 0.3) is 5.91 Å². The highest BCUT2D eigenvalue weighted by atomic mass is 32.2. The molecule has 1 N–H and O–H groups in total. The summed E-state index contributed by atoms with van der Waals surface area (Å²) in [5.74, 6) is 0.699. The number of piperidine rings is 1. The number of amides is 1. The summed E-state index contributed by atoms with van der Waals surface area (Å²) in [6.45, 7) is 5.02. The molecule has 2 aromatic carbocycles. The van der Waals surface area contributed by atoms with Crippen molar-refractivity contribution in [2.75, 3.05) is 26.5 Å². The normalized spacial score (nSPS) is 20.1. The molecule has 0 unspecified atom stereocenters. The molecule has 1 saturated heterocycles. The average molecular weight is 489 g/mol. The average Bonchev–Trinajstić information content (AvgIpc) is 3.28. The molecule has 1 amide bonds. The highest BCUT2D eigenvalue weighted by Gasteiger charge is 2.31. The van der Waals surface area contributed by atoms with Crippen molar-refractivity contribution in [3.05, 3.63) is 53.6 Å². The number of benzene rings is 2. The molecule has 182 valence electrons. The molecule has 0 aliphatic carbocycles. The van der Waals surface area contributed by atoms with Crippen molar-refractivity contribution in [3.63, 3.8) is 0 Å². The highest BCUT2D eigenvalue weighted by molar-refractivity contribution is 7.89. The molecule has 0 bridgehead atoms. The van der Waals surface area contributed by atoms with Crippen molar-refractivity contribution < 1.29 is 32.2 Å². The molecular weight excluding hydrogens is 460 g/mol. The van der Waals surface area contributed by atoms with Gasteiger partial charge in [0.05, 0.1) is 10.5 Å². The van der Waals surface area contributed by atoms with E-state index in [1.165, 1.54) is 28.6 Å². The zero-order valence-corrected chi connectivity index (χ0v) is 20.0. The Kier molecular flexibility index (Phi) is 7.08. The Morgan fingerprint density at radius 2 is 1.71 bits per heavy atom. The van der Waals surface area contributed by atoms with Gasteiger partial charge < -0.3 is 19.5 Å². The summed E-state index contributed by atoms with van der Waals surface area (Å²) < 4.78 is 43.1. The van der Waals surface area contributed by atoms with Crippen LogP contribution in [0.4, 0.5) is 0 Å². The maximum atomic E-state index is 13.0. The Morgan fingerprint density at radius 1 is 1.03 bits per heavy atom. The van der Waals surface area contributed by atoms with Gasteiger partial charge in [-0.15, -0.1) is 0 Å². The monoisotopic (exact) mass is 488 g/mol. The van der Waals surface area contributed by atoms with Gasteiger partial charge in [-0.1, -0.05) is 19.9 Å². The van der Waals surface area contributed by atoms with E-state index in [0.29, 0.717) is 36.4 Å². The Balaban J connectivity index is 1.28. The Bertz CT molecular complexity index is 1150. The number of carbonyl (C=O) groups excluding carboxylic acids is 2. The second kappa shape index (κ2) is 10.0.